The molecule has 1 aromatic carbocycles. The van der Waals surface area contributed by atoms with Gasteiger partial charge in [-0.15, -0.1) is 6.58 Å². The van der Waals surface area contributed by atoms with Crippen molar-refractivity contribution in [2.75, 3.05) is 6.61 Å². The molecule has 1 N–H and O–H groups in total. The fraction of sp³-hybridized carbons (Fsp3) is 0.182. The Hall–Kier alpha value is -1.29. The van der Waals surface area contributed by atoms with E-state index in [0.29, 0.717) is 12.4 Å². The molecule has 1 aromatic rings. The minimum absolute atomic E-state index is 0.215. The van der Waals surface area contributed by atoms with Crippen LogP contribution in [0, 0.1) is 0 Å². The first-order valence-electron chi connectivity index (χ1n) is 4.41. The fourth-order valence-corrected chi connectivity index (χ4v) is 1.36. The minimum atomic E-state index is -0.962. The second kappa shape index (κ2) is 5.56. The van der Waals surface area contributed by atoms with Crippen molar-refractivity contribution in [3.63, 3.8) is 0 Å². The molecular weight excluding hydrogens is 260 g/mol. The van der Waals surface area contributed by atoms with Gasteiger partial charge < -0.3 is 9.84 Å². The van der Waals surface area contributed by atoms with Gasteiger partial charge in [0.2, 0.25) is 0 Å². The van der Waals surface area contributed by atoms with Gasteiger partial charge in [-0.1, -0.05) is 6.08 Å². The summed E-state index contributed by atoms with van der Waals surface area (Å²) in [5.74, 6) is -0.423. The van der Waals surface area contributed by atoms with Crippen LogP contribution in [-0.4, -0.2) is 17.7 Å². The van der Waals surface area contributed by atoms with Crippen LogP contribution in [0.3, 0.4) is 0 Å². The lowest BCUT2D eigenvalue weighted by Gasteiger charge is -2.07. The Kier molecular flexibility index (Phi) is 4.37. The quantitative estimate of drug-likeness (QED) is 0.661. The Bertz CT molecular complexity index is 374. The monoisotopic (exact) mass is 270 g/mol. The number of benzene rings is 1. The summed E-state index contributed by atoms with van der Waals surface area (Å²) >= 11 is 3.29. The van der Waals surface area contributed by atoms with Gasteiger partial charge in [-0.3, -0.25) is 0 Å². The van der Waals surface area contributed by atoms with Crippen molar-refractivity contribution < 1.29 is 14.6 Å². The molecule has 4 heteroatoms. The summed E-state index contributed by atoms with van der Waals surface area (Å²) in [5.41, 5.74) is 0.215. The molecule has 0 spiro atoms. The van der Waals surface area contributed by atoms with Crippen molar-refractivity contribution in [2.45, 2.75) is 6.42 Å². The summed E-state index contributed by atoms with van der Waals surface area (Å²) in [5, 5.41) is 8.78. The van der Waals surface area contributed by atoms with Crippen LogP contribution in [0.1, 0.15) is 16.8 Å². The molecule has 3 nitrogen and oxygen atoms in total. The molecule has 0 radical (unpaired) electrons. The first-order chi connectivity index (χ1) is 7.15. The maximum Gasteiger partial charge on any atom is 0.335 e. The third kappa shape index (κ3) is 3.40. The van der Waals surface area contributed by atoms with E-state index in [9.17, 15) is 4.79 Å². The van der Waals surface area contributed by atoms with E-state index in [-0.39, 0.29) is 5.56 Å². The van der Waals surface area contributed by atoms with Gasteiger partial charge in [0, 0.05) is 0 Å². The second-order valence-electron chi connectivity index (χ2n) is 2.88. The molecule has 0 atom stereocenters. The molecule has 0 heterocycles. The number of hydrogen-bond acceptors (Lipinski definition) is 2. The summed E-state index contributed by atoms with van der Waals surface area (Å²) in [6.45, 7) is 4.07. The van der Waals surface area contributed by atoms with Gasteiger partial charge in [0.25, 0.3) is 0 Å². The van der Waals surface area contributed by atoms with Crippen LogP contribution in [0.2, 0.25) is 0 Å². The van der Waals surface area contributed by atoms with Crippen LogP contribution in [0.15, 0.2) is 35.3 Å². The van der Waals surface area contributed by atoms with Crippen molar-refractivity contribution in [1.29, 1.82) is 0 Å². The van der Waals surface area contributed by atoms with Crippen molar-refractivity contribution in [3.05, 3.63) is 40.9 Å². The first kappa shape index (κ1) is 11.8. The van der Waals surface area contributed by atoms with Crippen LogP contribution in [0.4, 0.5) is 0 Å². The number of rotatable bonds is 5. The molecule has 80 valence electrons. The van der Waals surface area contributed by atoms with Crippen LogP contribution in [-0.2, 0) is 0 Å². The standard InChI is InChI=1S/C11H11BrO3/c1-2-3-6-15-10-7-8(11(13)14)4-5-9(10)12/h2,4-5,7H,1,3,6H2,(H,13,14). The fourth-order valence-electron chi connectivity index (χ4n) is 0.999. The molecule has 0 aromatic heterocycles. The maximum atomic E-state index is 10.7. The number of ether oxygens (including phenoxy) is 1. The molecule has 1 rings (SSSR count). The van der Waals surface area contributed by atoms with Crippen molar-refractivity contribution >= 4 is 21.9 Å². The lowest BCUT2D eigenvalue weighted by atomic mass is 10.2. The lowest BCUT2D eigenvalue weighted by molar-refractivity contribution is 0.0696. The van der Waals surface area contributed by atoms with E-state index in [1.165, 1.54) is 12.1 Å². The van der Waals surface area contributed by atoms with E-state index in [1.807, 2.05) is 0 Å². The number of carbonyl (C=O) groups is 1. The maximum absolute atomic E-state index is 10.7. The molecule has 0 amide bonds. The summed E-state index contributed by atoms with van der Waals surface area (Å²) in [4.78, 5) is 10.7. The smallest absolute Gasteiger partial charge is 0.335 e. The largest absolute Gasteiger partial charge is 0.492 e. The second-order valence-corrected chi connectivity index (χ2v) is 3.73. The normalized spacial score (nSPS) is 9.67. The van der Waals surface area contributed by atoms with Crippen molar-refractivity contribution in [1.82, 2.24) is 0 Å². The summed E-state index contributed by atoms with van der Waals surface area (Å²) in [6, 6.07) is 4.68. The Morgan fingerprint density at radius 2 is 2.33 bits per heavy atom. The average Bonchev–Trinajstić information content (AvgIpc) is 2.20. The Morgan fingerprint density at radius 1 is 1.60 bits per heavy atom. The zero-order chi connectivity index (χ0) is 11.3. The van der Waals surface area contributed by atoms with E-state index in [4.69, 9.17) is 9.84 Å². The summed E-state index contributed by atoms with van der Waals surface area (Å²) in [6.07, 6.45) is 2.47. The van der Waals surface area contributed by atoms with Crippen LogP contribution < -0.4 is 4.74 Å². The van der Waals surface area contributed by atoms with Gasteiger partial charge in [0.05, 0.1) is 16.6 Å². The summed E-state index contributed by atoms with van der Waals surface area (Å²) in [7, 11) is 0. The van der Waals surface area contributed by atoms with E-state index in [0.717, 1.165) is 10.9 Å². The average molecular weight is 271 g/mol. The predicted octanol–water partition coefficient (Wildman–Crippen LogP) is 3.10. The third-order valence-electron chi connectivity index (χ3n) is 1.76. The van der Waals surface area contributed by atoms with Gasteiger partial charge in [0.1, 0.15) is 5.75 Å². The molecule has 0 saturated carbocycles. The van der Waals surface area contributed by atoms with E-state index >= 15 is 0 Å². The SMILES string of the molecule is C=CCCOc1cc(C(=O)O)ccc1Br. The number of halogens is 1. The molecule has 0 fully saturated rings. The van der Waals surface area contributed by atoms with Crippen molar-refractivity contribution in [3.8, 4) is 5.75 Å². The molecule has 15 heavy (non-hydrogen) atoms. The molecular formula is C11H11BrO3. The highest BCUT2D eigenvalue weighted by Crippen LogP contribution is 2.26. The van der Waals surface area contributed by atoms with Gasteiger partial charge in [0.15, 0.2) is 0 Å². The van der Waals surface area contributed by atoms with E-state index < -0.39 is 5.97 Å². The predicted molar refractivity (Wildman–Crippen MR) is 61.4 cm³/mol. The summed E-state index contributed by atoms with van der Waals surface area (Å²) < 4.78 is 6.13. The van der Waals surface area contributed by atoms with Gasteiger partial charge in [-0.05, 0) is 40.5 Å². The molecule has 0 saturated heterocycles. The van der Waals surface area contributed by atoms with Crippen LogP contribution in [0.5, 0.6) is 5.75 Å². The molecule has 0 aliphatic carbocycles. The highest BCUT2D eigenvalue weighted by atomic mass is 79.9. The first-order valence-corrected chi connectivity index (χ1v) is 5.21. The molecule has 0 unspecified atom stereocenters. The molecule has 0 aliphatic rings. The number of carboxylic acids is 1. The van der Waals surface area contributed by atoms with Gasteiger partial charge >= 0.3 is 5.97 Å². The van der Waals surface area contributed by atoms with Gasteiger partial charge in [-0.25, -0.2) is 4.79 Å². The van der Waals surface area contributed by atoms with Crippen LogP contribution >= 0.6 is 15.9 Å². The van der Waals surface area contributed by atoms with E-state index in [2.05, 4.69) is 22.5 Å². The lowest BCUT2D eigenvalue weighted by Crippen LogP contribution is -2.00. The van der Waals surface area contributed by atoms with Crippen molar-refractivity contribution in [2.24, 2.45) is 0 Å². The Balaban J connectivity index is 2.80. The van der Waals surface area contributed by atoms with E-state index in [1.54, 1.807) is 12.1 Å². The molecule has 0 aliphatic heterocycles. The Labute approximate surface area is 96.5 Å². The third-order valence-corrected chi connectivity index (χ3v) is 2.41. The number of carboxylic acid groups (broad SMARTS) is 1. The van der Waals surface area contributed by atoms with Gasteiger partial charge in [-0.2, -0.15) is 0 Å². The van der Waals surface area contributed by atoms with Crippen LogP contribution in [0.25, 0.3) is 0 Å². The zero-order valence-corrected chi connectivity index (χ0v) is 9.66. The highest BCUT2D eigenvalue weighted by molar-refractivity contribution is 9.10. The Morgan fingerprint density at radius 3 is 2.93 bits per heavy atom. The number of hydrogen-bond donors (Lipinski definition) is 1. The zero-order valence-electron chi connectivity index (χ0n) is 8.07. The highest BCUT2D eigenvalue weighted by Gasteiger charge is 2.07. The number of aromatic carboxylic acids is 1. The topological polar surface area (TPSA) is 46.5 Å². The minimum Gasteiger partial charge on any atom is -0.492 e. The molecule has 0 bridgehead atoms.